The van der Waals surface area contributed by atoms with Crippen LogP contribution in [0.25, 0.3) is 0 Å². The topological polar surface area (TPSA) is 142 Å². The summed E-state index contributed by atoms with van der Waals surface area (Å²) in [5.41, 5.74) is 5.07. The van der Waals surface area contributed by atoms with Crippen LogP contribution in [-0.4, -0.2) is 47.0 Å². The summed E-state index contributed by atoms with van der Waals surface area (Å²) in [5.74, 6) is -1.14. The van der Waals surface area contributed by atoms with Gasteiger partial charge in [-0.3, -0.25) is 14.7 Å². The van der Waals surface area contributed by atoms with Gasteiger partial charge < -0.3 is 25.4 Å². The average Bonchev–Trinajstić information content (AvgIpc) is 2.02. The van der Waals surface area contributed by atoms with Crippen LogP contribution in [0.15, 0.2) is 0 Å². The Hall–Kier alpha value is -0.500. The number of hydrogen-bond acceptors (Lipinski definition) is 5. The molecule has 0 aliphatic heterocycles. The molecule has 0 fully saturated rings. The summed E-state index contributed by atoms with van der Waals surface area (Å²) in [6.45, 7) is 1.34. The van der Waals surface area contributed by atoms with Crippen LogP contribution in [0, 0.1) is 0 Å². The Kier molecular flexibility index (Phi) is 9.90. The quantitative estimate of drug-likeness (QED) is 0.297. The van der Waals surface area contributed by atoms with Crippen molar-refractivity contribution >= 4 is 13.6 Å². The second-order valence-corrected chi connectivity index (χ2v) is 4.23. The zero-order valence-electron chi connectivity index (χ0n) is 8.58. The van der Waals surface area contributed by atoms with Crippen molar-refractivity contribution in [1.82, 2.24) is 5.32 Å². The second kappa shape index (κ2) is 8.78. The summed E-state index contributed by atoms with van der Waals surface area (Å²) in [7, 11) is -2.52. The number of ether oxygens (including phenoxy) is 1. The summed E-state index contributed by atoms with van der Waals surface area (Å²) >= 11 is 0. The number of carboxylic acid groups (broad SMARTS) is 1. The molecule has 0 aromatic heterocycles. The molecule has 0 aromatic carbocycles. The van der Waals surface area contributed by atoms with E-state index in [1.807, 2.05) is 0 Å². The van der Waals surface area contributed by atoms with Crippen LogP contribution in [0.4, 0.5) is 0 Å². The van der Waals surface area contributed by atoms with Crippen molar-refractivity contribution in [3.8, 4) is 0 Å². The van der Waals surface area contributed by atoms with E-state index in [0.29, 0.717) is 0 Å². The first-order valence-corrected chi connectivity index (χ1v) is 5.74. The number of aliphatic carboxylic acids is 1. The smallest absolute Gasteiger partial charge is 0.339 e. The van der Waals surface area contributed by atoms with Gasteiger partial charge in [-0.15, -0.1) is 0 Å². The predicted molar refractivity (Wildman–Crippen MR) is 53.2 cm³/mol. The van der Waals surface area contributed by atoms with Gasteiger partial charge in [0.2, 0.25) is 0 Å². The standard InChI is InChI=1S/C3H8NO5P.C3H9NO/c5-3(6)1-4-2-10(7,8)9;1-3(4)5-2/h4H,1-2H2,(H,5,6)(H2,7,8,9);3H,4H2,1-2H3. The maximum absolute atomic E-state index is 10.1. The minimum atomic E-state index is -4.10. The fourth-order valence-corrected chi connectivity index (χ4v) is 0.712. The van der Waals surface area contributed by atoms with E-state index in [1.165, 1.54) is 0 Å². The molecule has 0 radical (unpaired) electrons. The predicted octanol–water partition coefficient (Wildman–Crippen LogP) is -1.27. The molecule has 0 heterocycles. The Labute approximate surface area is 87.6 Å². The molecule has 92 valence electrons. The number of nitrogens with two attached hydrogens (primary N) is 1. The molecule has 0 aliphatic rings. The van der Waals surface area contributed by atoms with Crippen molar-refractivity contribution < 1.29 is 29.0 Å². The Bertz CT molecular complexity index is 216. The lowest BCUT2D eigenvalue weighted by Gasteiger charge is -2.02. The number of methoxy groups -OCH3 is 1. The summed E-state index contributed by atoms with van der Waals surface area (Å²) in [6.07, 6.45) is -0.714. The molecule has 9 heteroatoms. The lowest BCUT2D eigenvalue weighted by atomic mass is 10.7. The van der Waals surface area contributed by atoms with E-state index in [0.717, 1.165) is 0 Å². The van der Waals surface area contributed by atoms with Crippen molar-refractivity contribution in [2.75, 3.05) is 19.9 Å². The summed E-state index contributed by atoms with van der Waals surface area (Å²) in [6, 6.07) is 0. The Morgan fingerprint density at radius 2 is 2.00 bits per heavy atom. The van der Waals surface area contributed by atoms with Gasteiger partial charge in [-0.05, 0) is 6.92 Å². The molecule has 1 atom stereocenters. The molecule has 0 bridgehead atoms. The third kappa shape index (κ3) is 24.7. The van der Waals surface area contributed by atoms with Crippen LogP contribution in [0.2, 0.25) is 0 Å². The molecular weight excluding hydrogens is 227 g/mol. The van der Waals surface area contributed by atoms with Crippen molar-refractivity contribution in [3.63, 3.8) is 0 Å². The van der Waals surface area contributed by atoms with E-state index in [-0.39, 0.29) is 6.23 Å². The highest BCUT2D eigenvalue weighted by Crippen LogP contribution is 2.31. The van der Waals surface area contributed by atoms with Crippen LogP contribution >= 0.6 is 7.60 Å². The molecule has 0 rings (SSSR count). The van der Waals surface area contributed by atoms with Gasteiger partial charge in [0, 0.05) is 7.11 Å². The molecule has 0 saturated carbocycles. The van der Waals surface area contributed by atoms with Crippen molar-refractivity contribution in [1.29, 1.82) is 0 Å². The van der Waals surface area contributed by atoms with Crippen LogP contribution in [0.1, 0.15) is 6.92 Å². The van der Waals surface area contributed by atoms with E-state index >= 15 is 0 Å². The summed E-state index contributed by atoms with van der Waals surface area (Å²) in [4.78, 5) is 26.1. The average molecular weight is 244 g/mol. The molecular formula is C6H17N2O6P. The van der Waals surface area contributed by atoms with E-state index in [9.17, 15) is 9.36 Å². The van der Waals surface area contributed by atoms with Gasteiger partial charge in [0.1, 0.15) is 6.23 Å². The lowest BCUT2D eigenvalue weighted by Crippen LogP contribution is -2.23. The van der Waals surface area contributed by atoms with Gasteiger partial charge in [-0.2, -0.15) is 0 Å². The zero-order chi connectivity index (χ0) is 12.5. The van der Waals surface area contributed by atoms with Crippen molar-refractivity contribution in [3.05, 3.63) is 0 Å². The Morgan fingerprint density at radius 3 is 2.20 bits per heavy atom. The van der Waals surface area contributed by atoms with E-state index in [1.54, 1.807) is 14.0 Å². The van der Waals surface area contributed by atoms with Crippen LogP contribution in [0.3, 0.4) is 0 Å². The number of rotatable bonds is 5. The number of nitrogens with one attached hydrogen (secondary N) is 1. The fourth-order valence-electron chi connectivity index (χ4n) is 0.308. The molecule has 0 aromatic rings. The highest BCUT2D eigenvalue weighted by atomic mass is 31.2. The molecule has 15 heavy (non-hydrogen) atoms. The fraction of sp³-hybridized carbons (Fsp3) is 0.833. The number of carbonyl (C=O) groups is 1. The van der Waals surface area contributed by atoms with Gasteiger partial charge in [-0.25, -0.2) is 0 Å². The number of hydrogen-bond donors (Lipinski definition) is 5. The molecule has 0 amide bonds. The minimum absolute atomic E-state index is 0.116. The third-order valence-electron chi connectivity index (χ3n) is 0.966. The largest absolute Gasteiger partial charge is 0.480 e. The summed E-state index contributed by atoms with van der Waals surface area (Å²) < 4.78 is 14.6. The first kappa shape index (κ1) is 16.9. The first-order valence-electron chi connectivity index (χ1n) is 3.94. The van der Waals surface area contributed by atoms with Gasteiger partial charge in [0.05, 0.1) is 12.8 Å². The van der Waals surface area contributed by atoms with Gasteiger partial charge in [0.15, 0.2) is 0 Å². The first-order chi connectivity index (χ1) is 6.69. The molecule has 0 spiro atoms. The third-order valence-corrected chi connectivity index (χ3v) is 1.60. The summed E-state index contributed by atoms with van der Waals surface area (Å²) in [5, 5.41) is 10.1. The maximum Gasteiger partial charge on any atom is 0.339 e. The Morgan fingerprint density at radius 1 is 1.60 bits per heavy atom. The van der Waals surface area contributed by atoms with E-state index in [4.69, 9.17) is 20.6 Å². The number of carboxylic acids is 1. The molecule has 0 saturated heterocycles. The monoisotopic (exact) mass is 244 g/mol. The van der Waals surface area contributed by atoms with Crippen molar-refractivity contribution in [2.45, 2.75) is 13.2 Å². The highest BCUT2D eigenvalue weighted by Gasteiger charge is 2.11. The normalized spacial score (nSPS) is 12.6. The van der Waals surface area contributed by atoms with Gasteiger partial charge in [-0.1, -0.05) is 0 Å². The maximum atomic E-state index is 10.1. The molecule has 1 unspecified atom stereocenters. The highest BCUT2D eigenvalue weighted by molar-refractivity contribution is 7.51. The van der Waals surface area contributed by atoms with E-state index in [2.05, 4.69) is 10.1 Å². The van der Waals surface area contributed by atoms with Gasteiger partial charge in [0.25, 0.3) is 0 Å². The molecule has 0 aliphatic carbocycles. The van der Waals surface area contributed by atoms with Crippen LogP contribution in [0.5, 0.6) is 0 Å². The van der Waals surface area contributed by atoms with Crippen LogP contribution in [-0.2, 0) is 14.1 Å². The molecule has 6 N–H and O–H groups in total. The minimum Gasteiger partial charge on any atom is -0.480 e. The second-order valence-electron chi connectivity index (χ2n) is 2.58. The molecule has 8 nitrogen and oxygen atoms in total. The van der Waals surface area contributed by atoms with E-state index < -0.39 is 26.4 Å². The lowest BCUT2D eigenvalue weighted by molar-refractivity contribution is -0.135. The SMILES string of the molecule is COC(C)N.O=C(O)CNCP(=O)(O)O. The van der Waals surface area contributed by atoms with Crippen molar-refractivity contribution in [2.24, 2.45) is 5.73 Å². The Balaban J connectivity index is 0. The van der Waals surface area contributed by atoms with Crippen LogP contribution < -0.4 is 11.1 Å². The zero-order valence-corrected chi connectivity index (χ0v) is 9.48. The van der Waals surface area contributed by atoms with Gasteiger partial charge >= 0.3 is 13.6 Å².